The van der Waals surface area contributed by atoms with Gasteiger partial charge in [-0.25, -0.2) is 4.39 Å². The molecule has 1 fully saturated rings. The van der Waals surface area contributed by atoms with Crippen molar-refractivity contribution in [1.82, 2.24) is 19.8 Å². The Balaban J connectivity index is 1.54. The fraction of sp³-hybridized carbons (Fsp3) is 0.464. The lowest BCUT2D eigenvalue weighted by Crippen LogP contribution is -2.43. The smallest absolute Gasteiger partial charge is 0.236 e. The standard InChI is InChI=1S/C28H34FN5O/c1-18(2)27-23-15-21(6-7-25(23)32-28(27)22-14-19(3)31-16-24(22)29)20-8-12-34(13-9-20)26(35)17-33(4)11-5-10-30/h6-7,14-16,18,20,32H,5,8-9,11-13,17H2,1-4H3. The van der Waals surface area contributed by atoms with Crippen LogP contribution in [0.25, 0.3) is 22.2 Å². The number of likely N-dealkylation sites (N-methyl/N-ethyl adjacent to an activating group) is 1. The molecule has 4 rings (SSSR count). The molecule has 1 aliphatic rings. The number of amides is 1. The summed E-state index contributed by atoms with van der Waals surface area (Å²) in [5, 5.41) is 9.88. The quantitative estimate of drug-likeness (QED) is 0.500. The highest BCUT2D eigenvalue weighted by Crippen LogP contribution is 2.39. The van der Waals surface area contributed by atoms with Crippen LogP contribution in [0.15, 0.2) is 30.5 Å². The van der Waals surface area contributed by atoms with Gasteiger partial charge in [0.2, 0.25) is 5.91 Å². The van der Waals surface area contributed by atoms with E-state index in [0.717, 1.165) is 53.8 Å². The van der Waals surface area contributed by atoms with Crippen LogP contribution in [0.3, 0.4) is 0 Å². The maximum atomic E-state index is 14.7. The van der Waals surface area contributed by atoms with Crippen LogP contribution in [0.1, 0.15) is 61.8 Å². The van der Waals surface area contributed by atoms with Crippen molar-refractivity contribution in [3.05, 3.63) is 53.1 Å². The molecule has 35 heavy (non-hydrogen) atoms. The number of pyridine rings is 1. The van der Waals surface area contributed by atoms with E-state index in [1.54, 1.807) is 6.07 Å². The molecule has 1 aromatic carbocycles. The van der Waals surface area contributed by atoms with Crippen molar-refractivity contribution in [2.45, 2.75) is 51.9 Å². The van der Waals surface area contributed by atoms with Crippen molar-refractivity contribution in [2.24, 2.45) is 0 Å². The zero-order valence-corrected chi connectivity index (χ0v) is 21.1. The van der Waals surface area contributed by atoms with Crippen molar-refractivity contribution < 1.29 is 9.18 Å². The van der Waals surface area contributed by atoms with Crippen molar-refractivity contribution >= 4 is 16.8 Å². The number of nitrogens with one attached hydrogen (secondary N) is 1. The Morgan fingerprint density at radius 3 is 2.74 bits per heavy atom. The fourth-order valence-corrected chi connectivity index (χ4v) is 5.14. The molecule has 0 atom stereocenters. The highest BCUT2D eigenvalue weighted by Gasteiger charge is 2.26. The third-order valence-corrected chi connectivity index (χ3v) is 7.03. The molecule has 1 amide bonds. The zero-order chi connectivity index (χ0) is 25.1. The number of nitriles is 1. The van der Waals surface area contributed by atoms with Gasteiger partial charge in [0, 0.05) is 48.2 Å². The number of H-pyrrole nitrogens is 1. The first-order valence-electron chi connectivity index (χ1n) is 12.4. The number of halogens is 1. The first-order chi connectivity index (χ1) is 16.8. The van der Waals surface area contributed by atoms with Gasteiger partial charge in [-0.2, -0.15) is 5.26 Å². The number of likely N-dealkylation sites (tertiary alicyclic amines) is 1. The number of aromatic amines is 1. The summed E-state index contributed by atoms with van der Waals surface area (Å²) in [6, 6.07) is 10.5. The van der Waals surface area contributed by atoms with Crippen LogP contribution in [0.2, 0.25) is 0 Å². The molecule has 6 nitrogen and oxygen atoms in total. The van der Waals surface area contributed by atoms with Gasteiger partial charge >= 0.3 is 0 Å². The number of piperidine rings is 1. The molecule has 0 aliphatic carbocycles. The Morgan fingerprint density at radius 1 is 1.31 bits per heavy atom. The summed E-state index contributed by atoms with van der Waals surface area (Å²) in [6.45, 7) is 8.60. The first kappa shape index (κ1) is 24.9. The minimum Gasteiger partial charge on any atom is -0.354 e. The third kappa shape index (κ3) is 5.38. The fourth-order valence-electron chi connectivity index (χ4n) is 5.14. The third-order valence-electron chi connectivity index (χ3n) is 7.03. The van der Waals surface area contributed by atoms with Crippen molar-refractivity contribution in [3.8, 4) is 17.3 Å². The van der Waals surface area contributed by atoms with Crippen LogP contribution in [-0.4, -0.2) is 58.9 Å². The summed E-state index contributed by atoms with van der Waals surface area (Å²) in [4.78, 5) is 24.1. The Labute approximate surface area is 206 Å². The Morgan fingerprint density at radius 2 is 2.06 bits per heavy atom. The van der Waals surface area contributed by atoms with Crippen molar-refractivity contribution in [1.29, 1.82) is 5.26 Å². The molecule has 3 heterocycles. The van der Waals surface area contributed by atoms with E-state index >= 15 is 0 Å². The predicted octanol–water partition coefficient (Wildman–Crippen LogP) is 5.35. The molecule has 7 heteroatoms. The second-order valence-corrected chi connectivity index (χ2v) is 9.98. The second kappa shape index (κ2) is 10.6. The molecule has 1 saturated heterocycles. The topological polar surface area (TPSA) is 76.0 Å². The van der Waals surface area contributed by atoms with Crippen LogP contribution in [-0.2, 0) is 4.79 Å². The summed E-state index contributed by atoms with van der Waals surface area (Å²) in [5.41, 5.74) is 5.58. The van der Waals surface area contributed by atoms with Crippen LogP contribution >= 0.6 is 0 Å². The summed E-state index contributed by atoms with van der Waals surface area (Å²) in [6.07, 6.45) is 3.57. The van der Waals surface area contributed by atoms with Gasteiger partial charge in [0.25, 0.3) is 0 Å². The molecule has 0 spiro atoms. The van der Waals surface area contributed by atoms with Crippen molar-refractivity contribution in [2.75, 3.05) is 33.2 Å². The summed E-state index contributed by atoms with van der Waals surface area (Å²) in [5.74, 6) is 0.420. The SMILES string of the molecule is Cc1cc(-c2[nH]c3ccc(C4CCN(C(=O)CN(C)CCC#N)CC4)cc3c2C(C)C)c(F)cn1. The second-order valence-electron chi connectivity index (χ2n) is 9.98. The normalized spacial score (nSPS) is 14.7. The molecule has 0 bridgehead atoms. The lowest BCUT2D eigenvalue weighted by atomic mass is 9.87. The highest BCUT2D eigenvalue weighted by atomic mass is 19.1. The first-order valence-corrected chi connectivity index (χ1v) is 12.4. The van der Waals surface area contributed by atoms with E-state index in [1.807, 2.05) is 23.8 Å². The van der Waals surface area contributed by atoms with E-state index in [4.69, 9.17) is 5.26 Å². The van der Waals surface area contributed by atoms with Gasteiger partial charge in [0.05, 0.1) is 24.5 Å². The van der Waals surface area contributed by atoms with E-state index in [-0.39, 0.29) is 17.6 Å². The van der Waals surface area contributed by atoms with E-state index in [2.05, 4.69) is 48.1 Å². The highest BCUT2D eigenvalue weighted by molar-refractivity contribution is 5.92. The van der Waals surface area contributed by atoms with Crippen LogP contribution in [0.4, 0.5) is 4.39 Å². The number of aryl methyl sites for hydroxylation is 1. The van der Waals surface area contributed by atoms with E-state index in [0.29, 0.717) is 31.0 Å². The number of fused-ring (bicyclic) bond motifs is 1. The molecule has 1 N–H and O–H groups in total. The van der Waals surface area contributed by atoms with Gasteiger partial charge in [-0.15, -0.1) is 0 Å². The molecule has 0 unspecified atom stereocenters. The van der Waals surface area contributed by atoms with Gasteiger partial charge in [0.1, 0.15) is 0 Å². The number of hydrogen-bond acceptors (Lipinski definition) is 4. The van der Waals surface area contributed by atoms with Gasteiger partial charge < -0.3 is 9.88 Å². The maximum absolute atomic E-state index is 14.7. The van der Waals surface area contributed by atoms with E-state index in [9.17, 15) is 9.18 Å². The summed E-state index contributed by atoms with van der Waals surface area (Å²) in [7, 11) is 1.88. The molecular formula is C28H34FN5O. The van der Waals surface area contributed by atoms with E-state index in [1.165, 1.54) is 11.8 Å². The summed E-state index contributed by atoms with van der Waals surface area (Å²) < 4.78 is 14.7. The minimum atomic E-state index is -0.320. The largest absolute Gasteiger partial charge is 0.354 e. The monoisotopic (exact) mass is 475 g/mol. The molecule has 3 aromatic rings. The summed E-state index contributed by atoms with van der Waals surface area (Å²) >= 11 is 0. The lowest BCUT2D eigenvalue weighted by molar-refractivity contribution is -0.133. The molecule has 184 valence electrons. The number of aromatic nitrogens is 2. The Bertz CT molecular complexity index is 1250. The van der Waals surface area contributed by atoms with Gasteiger partial charge in [-0.1, -0.05) is 19.9 Å². The molecular weight excluding hydrogens is 441 g/mol. The number of hydrogen-bond donors (Lipinski definition) is 1. The predicted molar refractivity (Wildman–Crippen MR) is 137 cm³/mol. The molecule has 2 aromatic heterocycles. The molecule has 0 radical (unpaired) electrons. The van der Waals surface area contributed by atoms with Gasteiger partial charge in [0.15, 0.2) is 5.82 Å². The average Bonchev–Trinajstić information content (AvgIpc) is 3.23. The zero-order valence-electron chi connectivity index (χ0n) is 21.1. The molecule has 0 saturated carbocycles. The molecule has 1 aliphatic heterocycles. The number of nitrogens with zero attached hydrogens (tertiary/aromatic N) is 4. The van der Waals surface area contributed by atoms with Crippen LogP contribution in [0, 0.1) is 24.1 Å². The number of carbonyl (C=O) groups is 1. The lowest BCUT2D eigenvalue weighted by Gasteiger charge is -2.33. The van der Waals surface area contributed by atoms with Crippen molar-refractivity contribution in [3.63, 3.8) is 0 Å². The Hall–Kier alpha value is -3.24. The van der Waals surface area contributed by atoms with Gasteiger partial charge in [-0.05, 0) is 68.0 Å². The number of rotatable bonds is 7. The van der Waals surface area contributed by atoms with E-state index < -0.39 is 0 Å². The minimum absolute atomic E-state index is 0.131. The maximum Gasteiger partial charge on any atom is 0.236 e. The average molecular weight is 476 g/mol. The van der Waals surface area contributed by atoms with Crippen LogP contribution < -0.4 is 0 Å². The van der Waals surface area contributed by atoms with Gasteiger partial charge in [-0.3, -0.25) is 14.7 Å². The Kier molecular flexibility index (Phi) is 7.51. The van der Waals surface area contributed by atoms with Crippen LogP contribution in [0.5, 0.6) is 0 Å². The number of benzene rings is 1. The number of carbonyl (C=O) groups excluding carboxylic acids is 1.